The molecule has 1 amide bonds. The standard InChI is InChI=1S/C11H20N4O/c1-8(4-5-12)6-13-11(16)10-7-15(3)14-9(10)2/h7-8H,4-6,12H2,1-3H3,(H,13,16). The van der Waals surface area contributed by atoms with Gasteiger partial charge in [0.1, 0.15) is 0 Å². The van der Waals surface area contributed by atoms with E-state index < -0.39 is 0 Å². The van der Waals surface area contributed by atoms with Crippen LogP contribution in [0, 0.1) is 12.8 Å². The molecule has 1 rings (SSSR count). The van der Waals surface area contributed by atoms with Gasteiger partial charge in [-0.15, -0.1) is 0 Å². The molecule has 0 fully saturated rings. The van der Waals surface area contributed by atoms with Gasteiger partial charge in [0.05, 0.1) is 11.3 Å². The number of aryl methyl sites for hydroxylation is 2. The first-order valence-electron chi connectivity index (χ1n) is 5.53. The Labute approximate surface area is 96.0 Å². The molecule has 0 bridgehead atoms. The molecule has 1 aromatic rings. The van der Waals surface area contributed by atoms with E-state index in [0.29, 0.717) is 24.6 Å². The molecule has 0 radical (unpaired) electrons. The highest BCUT2D eigenvalue weighted by Gasteiger charge is 2.12. The van der Waals surface area contributed by atoms with Crippen LogP contribution in [0.3, 0.4) is 0 Å². The van der Waals surface area contributed by atoms with Gasteiger partial charge in [-0.3, -0.25) is 9.48 Å². The van der Waals surface area contributed by atoms with Crippen LogP contribution in [-0.2, 0) is 7.05 Å². The second-order valence-corrected chi connectivity index (χ2v) is 4.19. The summed E-state index contributed by atoms with van der Waals surface area (Å²) < 4.78 is 1.65. The maximum Gasteiger partial charge on any atom is 0.254 e. The summed E-state index contributed by atoms with van der Waals surface area (Å²) in [7, 11) is 1.81. The van der Waals surface area contributed by atoms with E-state index in [1.54, 1.807) is 17.9 Å². The van der Waals surface area contributed by atoms with Crippen molar-refractivity contribution in [2.45, 2.75) is 20.3 Å². The number of aromatic nitrogens is 2. The molecule has 0 aliphatic carbocycles. The van der Waals surface area contributed by atoms with Gasteiger partial charge in [-0.05, 0) is 25.8 Å². The lowest BCUT2D eigenvalue weighted by molar-refractivity contribution is 0.0947. The Balaban J connectivity index is 2.50. The van der Waals surface area contributed by atoms with Crippen molar-refractivity contribution in [2.24, 2.45) is 18.7 Å². The van der Waals surface area contributed by atoms with Gasteiger partial charge in [-0.1, -0.05) is 6.92 Å². The maximum atomic E-state index is 11.8. The maximum absolute atomic E-state index is 11.8. The van der Waals surface area contributed by atoms with Crippen LogP contribution in [-0.4, -0.2) is 28.8 Å². The van der Waals surface area contributed by atoms with E-state index in [1.165, 1.54) is 0 Å². The minimum atomic E-state index is -0.0607. The van der Waals surface area contributed by atoms with Gasteiger partial charge in [0.2, 0.25) is 0 Å². The summed E-state index contributed by atoms with van der Waals surface area (Å²) in [5, 5.41) is 7.02. The SMILES string of the molecule is Cc1nn(C)cc1C(=O)NCC(C)CCN. The molecule has 1 heterocycles. The van der Waals surface area contributed by atoms with Crippen molar-refractivity contribution >= 4 is 5.91 Å². The summed E-state index contributed by atoms with van der Waals surface area (Å²) in [6.45, 7) is 5.22. The highest BCUT2D eigenvalue weighted by atomic mass is 16.1. The fraction of sp³-hybridized carbons (Fsp3) is 0.636. The number of hydrogen-bond acceptors (Lipinski definition) is 3. The molecule has 90 valence electrons. The largest absolute Gasteiger partial charge is 0.352 e. The Morgan fingerprint density at radius 1 is 1.69 bits per heavy atom. The predicted molar refractivity (Wildman–Crippen MR) is 63.1 cm³/mol. The number of rotatable bonds is 5. The molecule has 3 N–H and O–H groups in total. The lowest BCUT2D eigenvalue weighted by Crippen LogP contribution is -2.29. The third-order valence-electron chi connectivity index (χ3n) is 2.53. The van der Waals surface area contributed by atoms with Gasteiger partial charge in [0, 0.05) is 19.8 Å². The zero-order chi connectivity index (χ0) is 12.1. The number of amides is 1. The first-order chi connectivity index (χ1) is 7.54. The molecule has 1 aromatic heterocycles. The van der Waals surface area contributed by atoms with Gasteiger partial charge in [0.15, 0.2) is 0 Å². The fourth-order valence-electron chi connectivity index (χ4n) is 1.57. The van der Waals surface area contributed by atoms with Crippen LogP contribution in [0.15, 0.2) is 6.20 Å². The van der Waals surface area contributed by atoms with Crippen molar-refractivity contribution in [1.82, 2.24) is 15.1 Å². The summed E-state index contributed by atoms with van der Waals surface area (Å²) >= 11 is 0. The predicted octanol–water partition coefficient (Wildman–Crippen LogP) is 0.443. The van der Waals surface area contributed by atoms with Crippen molar-refractivity contribution in [2.75, 3.05) is 13.1 Å². The monoisotopic (exact) mass is 224 g/mol. The Kier molecular flexibility index (Phi) is 4.49. The van der Waals surface area contributed by atoms with Crippen LogP contribution in [0.5, 0.6) is 0 Å². The Bertz CT molecular complexity index is 359. The highest BCUT2D eigenvalue weighted by Crippen LogP contribution is 2.05. The van der Waals surface area contributed by atoms with E-state index in [2.05, 4.69) is 17.3 Å². The smallest absolute Gasteiger partial charge is 0.254 e. The quantitative estimate of drug-likeness (QED) is 0.762. The van der Waals surface area contributed by atoms with Crippen LogP contribution < -0.4 is 11.1 Å². The van der Waals surface area contributed by atoms with E-state index in [4.69, 9.17) is 5.73 Å². The Morgan fingerprint density at radius 3 is 2.88 bits per heavy atom. The number of nitrogens with zero attached hydrogens (tertiary/aromatic N) is 2. The van der Waals surface area contributed by atoms with Crippen molar-refractivity contribution in [3.8, 4) is 0 Å². The first kappa shape index (κ1) is 12.7. The molecule has 0 spiro atoms. The summed E-state index contributed by atoms with van der Waals surface area (Å²) in [6, 6.07) is 0. The van der Waals surface area contributed by atoms with E-state index in [9.17, 15) is 4.79 Å². The molecule has 0 aliphatic rings. The average Bonchev–Trinajstić information content (AvgIpc) is 2.55. The van der Waals surface area contributed by atoms with Crippen molar-refractivity contribution < 1.29 is 4.79 Å². The molecule has 0 saturated carbocycles. The number of nitrogens with two attached hydrogens (primary N) is 1. The second kappa shape index (κ2) is 5.65. The minimum Gasteiger partial charge on any atom is -0.352 e. The highest BCUT2D eigenvalue weighted by molar-refractivity contribution is 5.94. The lowest BCUT2D eigenvalue weighted by Gasteiger charge is -2.10. The molecule has 1 unspecified atom stereocenters. The molecule has 0 saturated heterocycles. The average molecular weight is 224 g/mol. The molecular formula is C11H20N4O. The van der Waals surface area contributed by atoms with Crippen LogP contribution in [0.1, 0.15) is 29.4 Å². The van der Waals surface area contributed by atoms with Crippen molar-refractivity contribution in [3.63, 3.8) is 0 Å². The van der Waals surface area contributed by atoms with Crippen molar-refractivity contribution in [1.29, 1.82) is 0 Å². The van der Waals surface area contributed by atoms with E-state index in [0.717, 1.165) is 12.1 Å². The number of carbonyl (C=O) groups is 1. The number of hydrogen-bond donors (Lipinski definition) is 2. The normalized spacial score (nSPS) is 12.5. The summed E-state index contributed by atoms with van der Waals surface area (Å²) in [5.41, 5.74) is 6.85. The minimum absolute atomic E-state index is 0.0607. The molecule has 1 atom stereocenters. The van der Waals surface area contributed by atoms with Crippen LogP contribution in [0.25, 0.3) is 0 Å². The van der Waals surface area contributed by atoms with Gasteiger partial charge in [-0.2, -0.15) is 5.10 Å². The zero-order valence-corrected chi connectivity index (χ0v) is 10.2. The third-order valence-corrected chi connectivity index (χ3v) is 2.53. The van der Waals surface area contributed by atoms with Gasteiger partial charge in [0.25, 0.3) is 5.91 Å². The van der Waals surface area contributed by atoms with E-state index in [1.807, 2.05) is 6.92 Å². The topological polar surface area (TPSA) is 72.9 Å². The molecule has 16 heavy (non-hydrogen) atoms. The number of carbonyl (C=O) groups excluding carboxylic acids is 1. The van der Waals surface area contributed by atoms with Gasteiger partial charge >= 0.3 is 0 Å². The lowest BCUT2D eigenvalue weighted by atomic mass is 10.1. The zero-order valence-electron chi connectivity index (χ0n) is 10.2. The van der Waals surface area contributed by atoms with Gasteiger partial charge in [-0.25, -0.2) is 0 Å². The molecule has 0 aromatic carbocycles. The Hall–Kier alpha value is -1.36. The van der Waals surface area contributed by atoms with Crippen LogP contribution >= 0.6 is 0 Å². The first-order valence-corrected chi connectivity index (χ1v) is 5.53. The van der Waals surface area contributed by atoms with Crippen LogP contribution in [0.2, 0.25) is 0 Å². The summed E-state index contributed by atoms with van der Waals surface area (Å²) in [4.78, 5) is 11.8. The van der Waals surface area contributed by atoms with E-state index >= 15 is 0 Å². The second-order valence-electron chi connectivity index (χ2n) is 4.19. The molecular weight excluding hydrogens is 204 g/mol. The Morgan fingerprint density at radius 2 is 2.38 bits per heavy atom. The molecule has 0 aliphatic heterocycles. The summed E-state index contributed by atoms with van der Waals surface area (Å²) in [5.74, 6) is 0.348. The van der Waals surface area contributed by atoms with Crippen LogP contribution in [0.4, 0.5) is 0 Å². The number of nitrogens with one attached hydrogen (secondary N) is 1. The van der Waals surface area contributed by atoms with Gasteiger partial charge < -0.3 is 11.1 Å². The molecule has 5 heteroatoms. The molecule has 5 nitrogen and oxygen atoms in total. The fourth-order valence-corrected chi connectivity index (χ4v) is 1.57. The van der Waals surface area contributed by atoms with Crippen molar-refractivity contribution in [3.05, 3.63) is 17.5 Å². The van der Waals surface area contributed by atoms with E-state index in [-0.39, 0.29) is 5.91 Å². The third kappa shape index (κ3) is 3.34. The summed E-state index contributed by atoms with van der Waals surface area (Å²) in [6.07, 6.45) is 2.66.